The van der Waals surface area contributed by atoms with Gasteiger partial charge < -0.3 is 0 Å². The van der Waals surface area contributed by atoms with E-state index in [1.54, 1.807) is 11.1 Å². The first-order valence-corrected chi connectivity index (χ1v) is 31.2. The zero-order valence-electron chi connectivity index (χ0n) is 53.6. The SMILES string of the molecule is CC(C)(C)C1CC=CC1.CC(C)(C)C1CCCC1.CC(C)(C)C1CCCCC1.CC(C)(C)c1ccccc1.CC(C)C1CC1.CC(C)C1CCC1.CC(C)C1CCc2ccccc21.Cc1ccccc1C(C)(C)C. The number of hydrogen-bond acceptors (Lipinski definition) is 0. The molecule has 0 N–H and O–H groups in total. The highest BCUT2D eigenvalue weighted by Crippen LogP contribution is 2.41. The maximum Gasteiger partial charge on any atom is -0.0129 e. The Balaban J connectivity index is 0.000000292. The van der Waals surface area contributed by atoms with Crippen molar-refractivity contribution in [2.24, 2.45) is 63.6 Å². The van der Waals surface area contributed by atoms with Crippen LogP contribution >= 0.6 is 0 Å². The van der Waals surface area contributed by atoms with Gasteiger partial charge in [-0.05, 0) is 179 Å². The summed E-state index contributed by atoms with van der Waals surface area (Å²) in [6.45, 7) is 50.7. The van der Waals surface area contributed by atoms with Crippen LogP contribution in [0.3, 0.4) is 0 Å². The maximum atomic E-state index is 2.38. The molecular weight excluding hydrogens is 889 g/mol. The van der Waals surface area contributed by atoms with Gasteiger partial charge in [0.2, 0.25) is 0 Å². The smallest absolute Gasteiger partial charge is 0.0129 e. The molecule has 1 atom stereocenters. The van der Waals surface area contributed by atoms with Crippen LogP contribution in [0.4, 0.5) is 0 Å². The second kappa shape index (κ2) is 32.3. The highest BCUT2D eigenvalue weighted by Gasteiger charge is 2.29. The molecule has 0 radical (unpaired) electrons. The van der Waals surface area contributed by atoms with Crippen molar-refractivity contribution in [3.63, 3.8) is 0 Å². The third kappa shape index (κ3) is 27.1. The average molecular weight is 1020 g/mol. The van der Waals surface area contributed by atoms with E-state index in [0.29, 0.717) is 21.7 Å². The monoisotopic (exact) mass is 1010 g/mol. The quantitative estimate of drug-likeness (QED) is 0.229. The van der Waals surface area contributed by atoms with E-state index < -0.39 is 0 Å². The summed E-state index contributed by atoms with van der Waals surface area (Å²) < 4.78 is 0. The van der Waals surface area contributed by atoms with E-state index >= 15 is 0 Å². The minimum atomic E-state index is 0.283. The zero-order valence-corrected chi connectivity index (χ0v) is 53.6. The van der Waals surface area contributed by atoms with Gasteiger partial charge >= 0.3 is 0 Å². The molecule has 0 nitrogen and oxygen atoms in total. The molecule has 9 rings (SSSR count). The number of benzene rings is 3. The zero-order chi connectivity index (χ0) is 55.9. The summed E-state index contributed by atoms with van der Waals surface area (Å²) in [6, 6.07) is 28.0. The fourth-order valence-electron chi connectivity index (χ4n) is 11.6. The molecular formula is C74H126. The molecule has 422 valence electrons. The topological polar surface area (TPSA) is 0 Å². The normalized spacial score (nSPS) is 19.2. The van der Waals surface area contributed by atoms with Gasteiger partial charge in [0.1, 0.15) is 0 Å². The summed E-state index contributed by atoms with van der Waals surface area (Å²) in [4.78, 5) is 0. The Kier molecular flexibility index (Phi) is 29.5. The second-order valence-electron chi connectivity index (χ2n) is 30.3. The lowest BCUT2D eigenvalue weighted by Gasteiger charge is -2.33. The van der Waals surface area contributed by atoms with Crippen LogP contribution in [-0.2, 0) is 17.3 Å². The summed E-state index contributed by atoms with van der Waals surface area (Å²) in [5.41, 5.74) is 9.66. The molecule has 0 aromatic heterocycles. The molecule has 0 spiro atoms. The van der Waals surface area contributed by atoms with E-state index in [0.717, 1.165) is 53.3 Å². The van der Waals surface area contributed by atoms with Gasteiger partial charge in [0.05, 0.1) is 0 Å². The van der Waals surface area contributed by atoms with Crippen LogP contribution in [0.1, 0.15) is 288 Å². The van der Waals surface area contributed by atoms with Gasteiger partial charge in [0.15, 0.2) is 0 Å². The van der Waals surface area contributed by atoms with Crippen LogP contribution in [0.5, 0.6) is 0 Å². The molecule has 1 unspecified atom stereocenters. The van der Waals surface area contributed by atoms with E-state index in [9.17, 15) is 0 Å². The van der Waals surface area contributed by atoms with Crippen molar-refractivity contribution >= 4 is 0 Å². The maximum absolute atomic E-state index is 2.38. The predicted octanol–water partition coefficient (Wildman–Crippen LogP) is 24.0. The molecule has 6 aliphatic carbocycles. The van der Waals surface area contributed by atoms with E-state index in [4.69, 9.17) is 0 Å². The molecule has 4 fully saturated rings. The van der Waals surface area contributed by atoms with Gasteiger partial charge in [-0.25, -0.2) is 0 Å². The molecule has 0 bridgehead atoms. The Morgan fingerprint density at radius 2 is 0.797 bits per heavy atom. The third-order valence-electron chi connectivity index (χ3n) is 17.9. The van der Waals surface area contributed by atoms with E-state index in [1.165, 1.54) is 132 Å². The summed E-state index contributed by atoms with van der Waals surface area (Å²) in [5, 5.41) is 0. The third-order valence-corrected chi connectivity index (χ3v) is 17.9. The Morgan fingerprint density at radius 1 is 0.378 bits per heavy atom. The molecule has 3 aromatic rings. The lowest BCUT2D eigenvalue weighted by atomic mass is 9.72. The molecule has 0 heteroatoms. The largest absolute Gasteiger partial charge is 0.0882 e. The standard InChI is InChI=1S/C12H16.C11H16.C10H20.C10H14.C9H18.C9H16.C7H14.C6H12/c1-9(2)11-8-7-10-5-3-4-6-12(10)11;1-9-7-5-6-8-10(9)11(2,3)4;2*1-10(2,3)9-7-5-4-6-8-9;2*1-9(2,3)8-6-4-5-7-8;1-6(2)7-4-3-5-7;1-5(2)6-3-4-6/h3-6,9,11H,7-8H2,1-2H3;5-8H,1-4H3;9H,4-8H2,1-3H3;4-8H,1-3H3;8H,4-7H2,1-3H3;4-5,8H,6-7H2,1-3H3;6-7H,3-5H2,1-2H3;5-6H,3-4H2,1-2H3. The minimum Gasteiger partial charge on any atom is -0.0882 e. The number of rotatable bonds is 3. The first-order chi connectivity index (χ1) is 34.3. The number of allylic oxidation sites excluding steroid dienone is 2. The summed E-state index contributed by atoms with van der Waals surface area (Å²) in [7, 11) is 0. The molecule has 74 heavy (non-hydrogen) atoms. The van der Waals surface area contributed by atoms with Gasteiger partial charge in [0.25, 0.3) is 0 Å². The molecule has 0 amide bonds. The van der Waals surface area contributed by atoms with Crippen LogP contribution in [0.25, 0.3) is 0 Å². The molecule has 3 aromatic carbocycles. The summed E-state index contributed by atoms with van der Waals surface area (Å²) >= 11 is 0. The van der Waals surface area contributed by atoms with Crippen molar-refractivity contribution < 1.29 is 0 Å². The molecule has 0 saturated heterocycles. The lowest BCUT2D eigenvalue weighted by molar-refractivity contribution is 0.180. The Labute approximate surface area is 464 Å². The van der Waals surface area contributed by atoms with E-state index in [2.05, 4.69) is 243 Å². The summed E-state index contributed by atoms with van der Waals surface area (Å²) in [6.07, 6.45) is 30.6. The van der Waals surface area contributed by atoms with Gasteiger partial charge in [0, 0.05) is 0 Å². The van der Waals surface area contributed by atoms with Crippen LogP contribution in [-0.4, -0.2) is 0 Å². The van der Waals surface area contributed by atoms with Gasteiger partial charge in [-0.1, -0.05) is 288 Å². The van der Waals surface area contributed by atoms with Crippen LogP contribution in [0.15, 0.2) is 91.0 Å². The number of hydrogen-bond donors (Lipinski definition) is 0. The predicted molar refractivity (Wildman–Crippen MR) is 336 cm³/mol. The van der Waals surface area contributed by atoms with Crippen molar-refractivity contribution in [3.05, 3.63) is 119 Å². The fraction of sp³-hybridized carbons (Fsp3) is 0.730. The number of aryl methyl sites for hydroxylation is 2. The van der Waals surface area contributed by atoms with Crippen LogP contribution < -0.4 is 0 Å². The van der Waals surface area contributed by atoms with Gasteiger partial charge in [-0.3, -0.25) is 0 Å². The molecule has 4 saturated carbocycles. The minimum absolute atomic E-state index is 0.283. The lowest BCUT2D eigenvalue weighted by Crippen LogP contribution is -2.22. The number of fused-ring (bicyclic) bond motifs is 1. The summed E-state index contributed by atoms with van der Waals surface area (Å²) in [5.74, 6) is 8.63. The van der Waals surface area contributed by atoms with Gasteiger partial charge in [-0.2, -0.15) is 0 Å². The van der Waals surface area contributed by atoms with E-state index in [-0.39, 0.29) is 5.41 Å². The van der Waals surface area contributed by atoms with Crippen molar-refractivity contribution in [3.8, 4) is 0 Å². The molecule has 0 aliphatic heterocycles. The molecule has 6 aliphatic rings. The van der Waals surface area contributed by atoms with Crippen LogP contribution in [0.2, 0.25) is 0 Å². The van der Waals surface area contributed by atoms with Gasteiger partial charge in [-0.15, -0.1) is 0 Å². The first-order valence-electron chi connectivity index (χ1n) is 31.2. The second-order valence-corrected chi connectivity index (χ2v) is 30.3. The molecule has 0 heterocycles. The fourth-order valence-corrected chi connectivity index (χ4v) is 11.6. The Morgan fingerprint density at radius 3 is 1.09 bits per heavy atom. The van der Waals surface area contributed by atoms with Crippen molar-refractivity contribution in [2.45, 2.75) is 285 Å². The van der Waals surface area contributed by atoms with Crippen molar-refractivity contribution in [1.82, 2.24) is 0 Å². The van der Waals surface area contributed by atoms with Crippen molar-refractivity contribution in [2.75, 3.05) is 0 Å². The Bertz CT molecular complexity index is 1880. The highest BCUT2D eigenvalue weighted by molar-refractivity contribution is 5.35. The Hall–Kier alpha value is -2.60. The average Bonchev–Trinajstić information content (AvgIpc) is 3.64. The van der Waals surface area contributed by atoms with Crippen molar-refractivity contribution in [1.29, 1.82) is 0 Å². The highest BCUT2D eigenvalue weighted by atomic mass is 14.3. The van der Waals surface area contributed by atoms with Crippen LogP contribution in [0, 0.1) is 70.5 Å². The van der Waals surface area contributed by atoms with E-state index in [1.807, 2.05) is 0 Å². The first kappa shape index (κ1) is 67.5.